The maximum absolute atomic E-state index is 13.7. The van der Waals surface area contributed by atoms with Gasteiger partial charge >= 0.3 is 0 Å². The molecule has 1 aromatic carbocycles. The van der Waals surface area contributed by atoms with Crippen molar-refractivity contribution in [2.45, 2.75) is 19.4 Å². The van der Waals surface area contributed by atoms with Gasteiger partial charge < -0.3 is 15.2 Å². The summed E-state index contributed by atoms with van der Waals surface area (Å²) in [4.78, 5) is 45.7. The van der Waals surface area contributed by atoms with Crippen molar-refractivity contribution in [2.24, 2.45) is 5.73 Å². The molecule has 5 aromatic heterocycles. The second kappa shape index (κ2) is 11.2. The van der Waals surface area contributed by atoms with E-state index in [2.05, 4.69) is 19.9 Å². The minimum absolute atomic E-state index is 0.0186. The zero-order chi connectivity index (χ0) is 30.4. The van der Waals surface area contributed by atoms with Crippen molar-refractivity contribution in [2.75, 3.05) is 19.6 Å². The van der Waals surface area contributed by atoms with Crippen molar-refractivity contribution in [3.63, 3.8) is 0 Å². The summed E-state index contributed by atoms with van der Waals surface area (Å²) in [6.45, 7) is 2.79. The molecule has 0 atom stereocenters. The highest BCUT2D eigenvalue weighted by Crippen LogP contribution is 2.35. The van der Waals surface area contributed by atoms with Crippen LogP contribution in [0.1, 0.15) is 27.1 Å². The molecule has 11 nitrogen and oxygen atoms in total. The van der Waals surface area contributed by atoms with Crippen molar-refractivity contribution in [3.8, 4) is 33.2 Å². The molecule has 6 aromatic rings. The van der Waals surface area contributed by atoms with Crippen molar-refractivity contribution in [3.05, 3.63) is 95.5 Å². The fourth-order valence-corrected chi connectivity index (χ4v) is 6.32. The van der Waals surface area contributed by atoms with Crippen molar-refractivity contribution >= 4 is 28.7 Å². The Hall–Kier alpha value is -5.14. The van der Waals surface area contributed by atoms with Crippen LogP contribution in [0.25, 0.3) is 38.9 Å². The highest BCUT2D eigenvalue weighted by Gasteiger charge is 2.34. The Balaban J connectivity index is 1.20. The maximum atomic E-state index is 13.7. The second-order valence-corrected chi connectivity index (χ2v) is 11.5. The Morgan fingerprint density at radius 1 is 1.07 bits per heavy atom. The van der Waals surface area contributed by atoms with Gasteiger partial charge in [0.2, 0.25) is 5.91 Å². The number of halogens is 1. The zero-order valence-corrected chi connectivity index (χ0v) is 24.4. The van der Waals surface area contributed by atoms with Crippen molar-refractivity contribution < 1.29 is 14.0 Å². The first-order chi connectivity index (χ1) is 21.4. The molecule has 7 rings (SSSR count). The number of aryl methyl sites for hydroxylation is 1. The summed E-state index contributed by atoms with van der Waals surface area (Å²) < 4.78 is 17.4. The van der Waals surface area contributed by atoms with Gasteiger partial charge in [-0.15, -0.1) is 11.3 Å². The van der Waals surface area contributed by atoms with Crippen LogP contribution >= 0.6 is 11.3 Å². The first-order valence-electron chi connectivity index (χ1n) is 13.9. The number of carbonyl (C=O) groups is 2. The topological polar surface area (TPSA) is 137 Å². The molecule has 1 aliphatic heterocycles. The number of hydrogen-bond acceptors (Lipinski definition) is 9. The summed E-state index contributed by atoms with van der Waals surface area (Å²) in [5, 5.41) is 5.59. The van der Waals surface area contributed by atoms with Gasteiger partial charge in [0.1, 0.15) is 16.5 Å². The van der Waals surface area contributed by atoms with Gasteiger partial charge in [-0.1, -0.05) is 0 Å². The quantitative estimate of drug-likeness (QED) is 0.257. The lowest BCUT2D eigenvalue weighted by molar-refractivity contribution is -0.135. The summed E-state index contributed by atoms with van der Waals surface area (Å²) in [5.41, 5.74) is 11.0. The summed E-state index contributed by atoms with van der Waals surface area (Å²) >= 11 is 1.35. The van der Waals surface area contributed by atoms with Gasteiger partial charge in [-0.25, -0.2) is 23.9 Å². The number of imidazole rings is 2. The molecule has 1 aliphatic rings. The van der Waals surface area contributed by atoms with Crippen LogP contribution < -0.4 is 5.73 Å². The van der Waals surface area contributed by atoms with Crippen LogP contribution in [0.15, 0.2) is 73.4 Å². The number of aromatic nitrogens is 7. The van der Waals surface area contributed by atoms with Crippen LogP contribution in [-0.2, 0) is 11.2 Å². The Kier molecular flexibility index (Phi) is 7.03. The van der Waals surface area contributed by atoms with E-state index in [-0.39, 0.29) is 36.5 Å². The molecular weight excluding hydrogens is 581 g/mol. The number of likely N-dealkylation sites (tertiary alicyclic amines) is 1. The number of rotatable bonds is 8. The lowest BCUT2D eigenvalue weighted by Gasteiger charge is -2.40. The standard InChI is InChI=1S/C31H26FN9O2S/c1-18-30(44-31(36-18)20-3-2-10-34-13-20)25(42)11-22-14-41-26(37-22)9-8-24(38-41)29-28(19-4-6-21(32)7-5-19)35-17-40(29)23-15-39(16-23)27(43)12-33/h2-10,13-14,17,23H,11-12,15-16,33H2,1H3. The van der Waals surface area contributed by atoms with E-state index in [9.17, 15) is 14.0 Å². The van der Waals surface area contributed by atoms with E-state index in [0.717, 1.165) is 21.8 Å². The molecule has 2 N–H and O–H groups in total. The van der Waals surface area contributed by atoms with Crippen molar-refractivity contribution in [1.29, 1.82) is 0 Å². The highest BCUT2D eigenvalue weighted by atomic mass is 32.1. The Bertz CT molecular complexity index is 2010. The Morgan fingerprint density at radius 3 is 2.64 bits per heavy atom. The molecule has 1 fully saturated rings. The second-order valence-electron chi connectivity index (χ2n) is 10.5. The summed E-state index contributed by atoms with van der Waals surface area (Å²) in [5.74, 6) is -0.521. The minimum Gasteiger partial charge on any atom is -0.337 e. The number of pyridine rings is 1. The van der Waals surface area contributed by atoms with E-state index in [1.807, 2.05) is 35.8 Å². The van der Waals surface area contributed by atoms with Gasteiger partial charge in [-0.3, -0.25) is 14.6 Å². The number of fused-ring (bicyclic) bond motifs is 1. The molecule has 0 bridgehead atoms. The lowest BCUT2D eigenvalue weighted by Crippen LogP contribution is -2.52. The number of benzene rings is 1. The van der Waals surface area contributed by atoms with Gasteiger partial charge in [0.25, 0.3) is 0 Å². The van der Waals surface area contributed by atoms with E-state index >= 15 is 0 Å². The van der Waals surface area contributed by atoms with Crippen LogP contribution in [0.5, 0.6) is 0 Å². The van der Waals surface area contributed by atoms with Crippen molar-refractivity contribution in [1.82, 2.24) is 39.0 Å². The molecule has 44 heavy (non-hydrogen) atoms. The molecule has 6 heterocycles. The predicted octanol–water partition coefficient (Wildman–Crippen LogP) is 3.99. The predicted molar refractivity (Wildman–Crippen MR) is 162 cm³/mol. The fourth-order valence-electron chi connectivity index (χ4n) is 5.33. The van der Waals surface area contributed by atoms with Gasteiger partial charge in [0.15, 0.2) is 11.4 Å². The van der Waals surface area contributed by atoms with E-state index in [0.29, 0.717) is 46.4 Å². The molecule has 220 valence electrons. The van der Waals surface area contributed by atoms with E-state index in [1.54, 1.807) is 46.5 Å². The third-order valence-electron chi connectivity index (χ3n) is 7.61. The number of thiazole rings is 1. The molecule has 0 spiro atoms. The number of amides is 1. The summed E-state index contributed by atoms with van der Waals surface area (Å²) in [6.07, 6.45) is 7.00. The maximum Gasteiger partial charge on any atom is 0.236 e. The van der Waals surface area contributed by atoms with E-state index in [4.69, 9.17) is 10.8 Å². The first-order valence-corrected chi connectivity index (χ1v) is 14.8. The third-order valence-corrected chi connectivity index (χ3v) is 8.85. The fraction of sp³-hybridized carbons (Fsp3) is 0.194. The molecule has 0 unspecified atom stereocenters. The van der Waals surface area contributed by atoms with Crippen LogP contribution in [0.4, 0.5) is 4.39 Å². The number of ketones is 1. The SMILES string of the molecule is Cc1nc(-c2cccnc2)sc1C(=O)Cc1cn2nc(-c3c(-c4ccc(F)cc4)ncn3C3CN(C(=O)CN)C3)ccc2n1. The molecule has 0 saturated carbocycles. The zero-order valence-electron chi connectivity index (χ0n) is 23.6. The van der Waals surface area contributed by atoms with Gasteiger partial charge in [-0.05, 0) is 55.5 Å². The van der Waals surface area contributed by atoms with Crippen LogP contribution in [0.3, 0.4) is 0 Å². The normalized spacial score (nSPS) is 13.4. The van der Waals surface area contributed by atoms with Crippen LogP contribution in [-0.4, -0.2) is 70.3 Å². The first kappa shape index (κ1) is 27.7. The number of carbonyl (C=O) groups excluding carboxylic acids is 2. The van der Waals surface area contributed by atoms with E-state index in [1.165, 1.54) is 23.5 Å². The molecular formula is C31H26FN9O2S. The molecule has 0 radical (unpaired) electrons. The number of nitrogens with two attached hydrogens (primary N) is 1. The van der Waals surface area contributed by atoms with Gasteiger partial charge in [0, 0.05) is 36.6 Å². The third kappa shape index (κ3) is 5.05. The summed E-state index contributed by atoms with van der Waals surface area (Å²) in [7, 11) is 0. The van der Waals surface area contributed by atoms with Crippen LogP contribution in [0.2, 0.25) is 0 Å². The molecule has 1 saturated heterocycles. The van der Waals surface area contributed by atoms with E-state index < -0.39 is 0 Å². The van der Waals surface area contributed by atoms with Crippen LogP contribution in [0, 0.1) is 12.7 Å². The largest absolute Gasteiger partial charge is 0.337 e. The smallest absolute Gasteiger partial charge is 0.236 e. The van der Waals surface area contributed by atoms with Gasteiger partial charge in [-0.2, -0.15) is 5.10 Å². The number of nitrogens with zero attached hydrogens (tertiary/aromatic N) is 8. The highest BCUT2D eigenvalue weighted by molar-refractivity contribution is 7.17. The number of hydrogen-bond donors (Lipinski definition) is 1. The lowest BCUT2D eigenvalue weighted by atomic mass is 10.1. The Morgan fingerprint density at radius 2 is 1.89 bits per heavy atom. The molecule has 1 amide bonds. The monoisotopic (exact) mass is 607 g/mol. The molecule has 13 heteroatoms. The summed E-state index contributed by atoms with van der Waals surface area (Å²) in [6, 6.07) is 13.6. The molecule has 0 aliphatic carbocycles. The average Bonchev–Trinajstić information content (AvgIpc) is 3.73. The Labute approximate surface area is 254 Å². The number of Topliss-reactive ketones (excluding diaryl/α,β-unsaturated/α-hetero) is 1. The average molecular weight is 608 g/mol. The van der Waals surface area contributed by atoms with Gasteiger partial charge in [0.05, 0.1) is 59.2 Å². The minimum atomic E-state index is -0.341.